The number of fused-ring (bicyclic) bond motifs is 1. The molecule has 1 saturated heterocycles. The Morgan fingerprint density at radius 2 is 2.07 bits per heavy atom. The molecule has 2 heterocycles. The summed E-state index contributed by atoms with van der Waals surface area (Å²) in [6.07, 6.45) is 2.25. The minimum atomic E-state index is -0.755. The Hall–Kier alpha value is -2.59. The summed E-state index contributed by atoms with van der Waals surface area (Å²) in [7, 11) is 1.38. The molecule has 2 fully saturated rings. The molecule has 9 nitrogen and oxygen atoms in total. The summed E-state index contributed by atoms with van der Waals surface area (Å²) >= 11 is 0. The predicted molar refractivity (Wildman–Crippen MR) is 103 cm³/mol. The zero-order valence-corrected chi connectivity index (χ0v) is 15.6. The molecular formula is C18H24FN5O4. The number of aliphatic hydroxyl groups is 1. The summed E-state index contributed by atoms with van der Waals surface area (Å²) in [4.78, 5) is 28.9. The van der Waals surface area contributed by atoms with Crippen molar-refractivity contribution in [1.82, 2.24) is 9.55 Å². The summed E-state index contributed by atoms with van der Waals surface area (Å²) in [5.74, 6) is -0.653. The first-order valence-corrected chi connectivity index (χ1v) is 9.33. The van der Waals surface area contributed by atoms with E-state index in [-0.39, 0.29) is 46.6 Å². The quantitative estimate of drug-likeness (QED) is 0.520. The standard InChI is InChI=1S/C18H24FN5O4/c1-28-16-14-11(17(26)22-18(27)24(14)9-2-3-9)13(21)12(19)15(16)23-5-4-8(6-23)10(20)7-25/h8-10,25H,2-7,20-21H2,1H3,(H,22,26,27). The molecule has 4 rings (SSSR count). The van der Waals surface area contributed by atoms with Crippen molar-refractivity contribution in [2.45, 2.75) is 31.3 Å². The highest BCUT2D eigenvalue weighted by atomic mass is 19.1. The summed E-state index contributed by atoms with van der Waals surface area (Å²) in [6, 6.07) is -0.489. The monoisotopic (exact) mass is 393 g/mol. The van der Waals surface area contributed by atoms with Gasteiger partial charge >= 0.3 is 5.69 Å². The molecule has 1 aliphatic heterocycles. The molecule has 10 heteroatoms. The molecule has 2 atom stereocenters. The third kappa shape index (κ3) is 2.75. The molecule has 0 amide bonds. The normalized spacial score (nSPS) is 20.7. The Morgan fingerprint density at radius 3 is 2.68 bits per heavy atom. The molecule has 0 spiro atoms. The predicted octanol–water partition coefficient (Wildman–Crippen LogP) is -0.0995. The number of nitrogens with two attached hydrogens (primary N) is 2. The number of anilines is 2. The SMILES string of the molecule is COc1c(N2CCC(C(N)CO)C2)c(F)c(N)c2c(=O)[nH]c(=O)n(C3CC3)c12. The maximum absolute atomic E-state index is 15.3. The van der Waals surface area contributed by atoms with Crippen molar-refractivity contribution in [1.29, 1.82) is 0 Å². The minimum Gasteiger partial charge on any atom is -0.492 e. The molecule has 0 radical (unpaired) electrons. The van der Waals surface area contributed by atoms with Gasteiger partial charge in [-0.2, -0.15) is 0 Å². The van der Waals surface area contributed by atoms with Crippen molar-refractivity contribution in [2.75, 3.05) is 37.4 Å². The van der Waals surface area contributed by atoms with Crippen LogP contribution in [0.15, 0.2) is 9.59 Å². The van der Waals surface area contributed by atoms with Gasteiger partial charge in [-0.1, -0.05) is 0 Å². The number of hydrogen-bond donors (Lipinski definition) is 4. The molecule has 2 aromatic rings. The second-order valence-corrected chi connectivity index (χ2v) is 7.53. The average Bonchev–Trinajstić information content (AvgIpc) is 3.38. The number of aliphatic hydroxyl groups excluding tert-OH is 1. The molecule has 152 valence electrons. The maximum Gasteiger partial charge on any atom is 0.329 e. The van der Waals surface area contributed by atoms with Gasteiger partial charge in [0.25, 0.3) is 5.56 Å². The fourth-order valence-corrected chi connectivity index (χ4v) is 4.12. The van der Waals surface area contributed by atoms with E-state index in [0.29, 0.717) is 19.5 Å². The lowest BCUT2D eigenvalue weighted by Crippen LogP contribution is -2.36. The van der Waals surface area contributed by atoms with E-state index in [1.807, 2.05) is 0 Å². The Kier molecular flexibility index (Phi) is 4.54. The van der Waals surface area contributed by atoms with Gasteiger partial charge in [0.2, 0.25) is 0 Å². The molecule has 6 N–H and O–H groups in total. The highest BCUT2D eigenvalue weighted by Gasteiger charge is 2.35. The Morgan fingerprint density at radius 1 is 1.36 bits per heavy atom. The van der Waals surface area contributed by atoms with Crippen LogP contribution in [-0.2, 0) is 0 Å². The first kappa shape index (κ1) is 18.8. The summed E-state index contributed by atoms with van der Waals surface area (Å²) < 4.78 is 22.3. The van der Waals surface area contributed by atoms with E-state index in [0.717, 1.165) is 12.8 Å². The van der Waals surface area contributed by atoms with Gasteiger partial charge < -0.3 is 26.2 Å². The Balaban J connectivity index is 1.98. The summed E-state index contributed by atoms with van der Waals surface area (Å²) in [5, 5.41) is 9.24. The highest BCUT2D eigenvalue weighted by molar-refractivity contribution is 5.99. The zero-order chi connectivity index (χ0) is 20.2. The molecule has 28 heavy (non-hydrogen) atoms. The first-order chi connectivity index (χ1) is 13.4. The number of rotatable bonds is 5. The number of methoxy groups -OCH3 is 1. The number of aromatic nitrogens is 2. The molecular weight excluding hydrogens is 369 g/mol. The van der Waals surface area contributed by atoms with Gasteiger partial charge in [0.05, 0.1) is 24.8 Å². The van der Waals surface area contributed by atoms with Crippen molar-refractivity contribution in [3.8, 4) is 5.75 Å². The fourth-order valence-electron chi connectivity index (χ4n) is 4.12. The van der Waals surface area contributed by atoms with Gasteiger partial charge in [0, 0.05) is 25.2 Å². The van der Waals surface area contributed by atoms with E-state index in [2.05, 4.69) is 4.98 Å². The second kappa shape index (κ2) is 6.78. The third-order valence-corrected chi connectivity index (χ3v) is 5.76. The van der Waals surface area contributed by atoms with Gasteiger partial charge in [-0.3, -0.25) is 14.3 Å². The van der Waals surface area contributed by atoms with E-state index in [4.69, 9.17) is 16.2 Å². The molecule has 1 aromatic carbocycles. The summed E-state index contributed by atoms with van der Waals surface area (Å²) in [5.41, 5.74) is 10.7. The highest BCUT2D eigenvalue weighted by Crippen LogP contribution is 2.45. The van der Waals surface area contributed by atoms with Crippen molar-refractivity contribution >= 4 is 22.3 Å². The van der Waals surface area contributed by atoms with Crippen LogP contribution >= 0.6 is 0 Å². The first-order valence-electron chi connectivity index (χ1n) is 9.33. The van der Waals surface area contributed by atoms with Crippen LogP contribution in [0.1, 0.15) is 25.3 Å². The lowest BCUT2D eigenvalue weighted by molar-refractivity contribution is 0.233. The lowest BCUT2D eigenvalue weighted by Gasteiger charge is -2.26. The van der Waals surface area contributed by atoms with Crippen LogP contribution in [0.5, 0.6) is 5.75 Å². The summed E-state index contributed by atoms with van der Waals surface area (Å²) in [6.45, 7) is 0.749. The number of hydrogen-bond acceptors (Lipinski definition) is 7. The second-order valence-electron chi connectivity index (χ2n) is 7.53. The van der Waals surface area contributed by atoms with Gasteiger partial charge in [-0.05, 0) is 25.2 Å². The molecule has 1 aliphatic carbocycles. The van der Waals surface area contributed by atoms with Gasteiger partial charge in [0.1, 0.15) is 11.2 Å². The smallest absolute Gasteiger partial charge is 0.329 e. The van der Waals surface area contributed by atoms with Gasteiger partial charge in [-0.15, -0.1) is 0 Å². The third-order valence-electron chi connectivity index (χ3n) is 5.76. The Labute approximate surface area is 159 Å². The molecule has 1 aromatic heterocycles. The van der Waals surface area contributed by atoms with Crippen LogP contribution in [0, 0.1) is 11.7 Å². The number of halogens is 1. The average molecular weight is 393 g/mol. The topological polar surface area (TPSA) is 140 Å². The van der Waals surface area contributed by atoms with E-state index in [1.165, 1.54) is 11.7 Å². The number of aromatic amines is 1. The van der Waals surface area contributed by atoms with Crippen molar-refractivity contribution in [3.05, 3.63) is 26.7 Å². The van der Waals surface area contributed by atoms with Crippen molar-refractivity contribution in [2.24, 2.45) is 11.7 Å². The largest absolute Gasteiger partial charge is 0.492 e. The fraction of sp³-hybridized carbons (Fsp3) is 0.556. The number of nitrogen functional groups attached to an aromatic ring is 1. The van der Waals surface area contributed by atoms with Crippen LogP contribution in [0.3, 0.4) is 0 Å². The van der Waals surface area contributed by atoms with E-state index < -0.39 is 23.1 Å². The molecule has 0 bridgehead atoms. The van der Waals surface area contributed by atoms with E-state index >= 15 is 4.39 Å². The maximum atomic E-state index is 15.3. The van der Waals surface area contributed by atoms with Crippen LogP contribution in [0.25, 0.3) is 10.9 Å². The van der Waals surface area contributed by atoms with Crippen molar-refractivity contribution < 1.29 is 14.2 Å². The van der Waals surface area contributed by atoms with Crippen LogP contribution in [0.2, 0.25) is 0 Å². The van der Waals surface area contributed by atoms with Crippen molar-refractivity contribution in [3.63, 3.8) is 0 Å². The van der Waals surface area contributed by atoms with Crippen LogP contribution in [-0.4, -0.2) is 47.5 Å². The molecule has 2 aliphatic rings. The van der Waals surface area contributed by atoms with Gasteiger partial charge in [0.15, 0.2) is 11.6 Å². The number of nitrogens with one attached hydrogen (secondary N) is 1. The van der Waals surface area contributed by atoms with E-state index in [1.54, 1.807) is 4.90 Å². The van der Waals surface area contributed by atoms with Crippen LogP contribution in [0.4, 0.5) is 15.8 Å². The number of benzene rings is 1. The number of ether oxygens (including phenoxy) is 1. The Bertz CT molecular complexity index is 1050. The number of nitrogens with zero attached hydrogens (tertiary/aromatic N) is 2. The van der Waals surface area contributed by atoms with E-state index in [9.17, 15) is 14.7 Å². The zero-order valence-electron chi connectivity index (χ0n) is 15.6. The number of H-pyrrole nitrogens is 1. The lowest BCUT2D eigenvalue weighted by atomic mass is 10.0. The minimum absolute atomic E-state index is 0.0178. The molecule has 1 saturated carbocycles. The van der Waals surface area contributed by atoms with Crippen LogP contribution < -0.4 is 32.4 Å². The van der Waals surface area contributed by atoms with Gasteiger partial charge in [-0.25, -0.2) is 9.18 Å². The molecule has 2 unspecified atom stereocenters.